The van der Waals surface area contributed by atoms with Crippen molar-refractivity contribution in [3.05, 3.63) is 30.3 Å². The van der Waals surface area contributed by atoms with Crippen molar-refractivity contribution in [3.63, 3.8) is 0 Å². The summed E-state index contributed by atoms with van der Waals surface area (Å²) < 4.78 is 0. The van der Waals surface area contributed by atoms with Crippen LogP contribution >= 0.6 is 11.8 Å². The molecule has 1 aromatic carbocycles. The average Bonchev–Trinajstić information content (AvgIpc) is 2.43. The number of thioether (sulfide) groups is 1. The highest BCUT2D eigenvalue weighted by Crippen LogP contribution is 2.17. The fourth-order valence-electron chi connectivity index (χ4n) is 1.34. The standard InChI is InChI=1S/C15H23N5O2S/c1-14(2,3)19-20-15(4,5)16-12(21)17-18-13(22)23-11-9-7-6-8-10-11/h6-10H,1-5H3,(H,18,22)(H2,16,17,21). The summed E-state index contributed by atoms with van der Waals surface area (Å²) in [5.74, 6) is 0. The van der Waals surface area contributed by atoms with Gasteiger partial charge in [0.15, 0.2) is 0 Å². The lowest BCUT2D eigenvalue weighted by Crippen LogP contribution is -2.52. The molecule has 0 saturated heterocycles. The van der Waals surface area contributed by atoms with E-state index in [1.165, 1.54) is 0 Å². The number of urea groups is 1. The van der Waals surface area contributed by atoms with Crippen molar-refractivity contribution in [3.8, 4) is 0 Å². The number of amides is 3. The van der Waals surface area contributed by atoms with Gasteiger partial charge in [0.1, 0.15) is 5.66 Å². The number of nitrogens with zero attached hydrogens (tertiary/aromatic N) is 2. The van der Waals surface area contributed by atoms with E-state index in [0.29, 0.717) is 0 Å². The van der Waals surface area contributed by atoms with E-state index in [1.54, 1.807) is 26.0 Å². The van der Waals surface area contributed by atoms with Crippen LogP contribution in [-0.4, -0.2) is 22.5 Å². The van der Waals surface area contributed by atoms with Crippen LogP contribution in [0.15, 0.2) is 45.5 Å². The maximum absolute atomic E-state index is 11.8. The van der Waals surface area contributed by atoms with Crippen LogP contribution in [0.25, 0.3) is 0 Å². The number of hydrazine groups is 1. The fourth-order valence-corrected chi connectivity index (χ4v) is 1.95. The number of azo groups is 1. The van der Waals surface area contributed by atoms with E-state index in [4.69, 9.17) is 0 Å². The van der Waals surface area contributed by atoms with Crippen molar-refractivity contribution in [1.82, 2.24) is 16.2 Å². The number of rotatable bonds is 3. The van der Waals surface area contributed by atoms with Crippen LogP contribution in [0, 0.1) is 0 Å². The summed E-state index contributed by atoms with van der Waals surface area (Å²) in [7, 11) is 0. The maximum atomic E-state index is 11.8. The molecule has 7 nitrogen and oxygen atoms in total. The Morgan fingerprint density at radius 2 is 1.57 bits per heavy atom. The topological polar surface area (TPSA) is 94.9 Å². The van der Waals surface area contributed by atoms with Crippen molar-refractivity contribution in [2.45, 2.75) is 50.7 Å². The monoisotopic (exact) mass is 337 g/mol. The first kappa shape index (κ1) is 19.0. The minimum absolute atomic E-state index is 0.323. The van der Waals surface area contributed by atoms with E-state index in [-0.39, 0.29) is 10.8 Å². The van der Waals surface area contributed by atoms with Crippen LogP contribution in [0.1, 0.15) is 34.6 Å². The molecule has 8 heteroatoms. The smallest absolute Gasteiger partial charge is 0.311 e. The van der Waals surface area contributed by atoms with Crippen molar-refractivity contribution in [2.75, 3.05) is 0 Å². The molecule has 23 heavy (non-hydrogen) atoms. The van der Waals surface area contributed by atoms with Gasteiger partial charge in [0.05, 0.1) is 5.54 Å². The Morgan fingerprint density at radius 3 is 2.13 bits per heavy atom. The lowest BCUT2D eigenvalue weighted by molar-refractivity contribution is 0.222. The lowest BCUT2D eigenvalue weighted by atomic mass is 10.1. The molecule has 3 amide bonds. The van der Waals surface area contributed by atoms with Gasteiger partial charge in [-0.25, -0.2) is 10.2 Å². The van der Waals surface area contributed by atoms with Gasteiger partial charge in [0.25, 0.3) is 0 Å². The number of carbonyl (C=O) groups excluding carboxylic acids is 2. The van der Waals surface area contributed by atoms with Crippen molar-refractivity contribution < 1.29 is 9.59 Å². The predicted octanol–water partition coefficient (Wildman–Crippen LogP) is 3.69. The van der Waals surface area contributed by atoms with E-state index >= 15 is 0 Å². The number of hydrogen-bond donors (Lipinski definition) is 3. The summed E-state index contributed by atoms with van der Waals surface area (Å²) in [4.78, 5) is 24.3. The molecule has 0 bridgehead atoms. The second-order valence-electron chi connectivity index (χ2n) is 6.34. The molecular formula is C15H23N5O2S. The van der Waals surface area contributed by atoms with E-state index in [2.05, 4.69) is 26.4 Å². The summed E-state index contributed by atoms with van der Waals surface area (Å²) >= 11 is 0.983. The zero-order valence-electron chi connectivity index (χ0n) is 14.0. The zero-order chi connectivity index (χ0) is 17.5. The molecule has 0 aliphatic rings. The molecule has 0 atom stereocenters. The van der Waals surface area contributed by atoms with Crippen LogP contribution in [-0.2, 0) is 0 Å². The second-order valence-corrected chi connectivity index (χ2v) is 7.38. The van der Waals surface area contributed by atoms with E-state index in [1.807, 2.05) is 39.0 Å². The zero-order valence-corrected chi connectivity index (χ0v) is 14.8. The lowest BCUT2D eigenvalue weighted by Gasteiger charge is -2.22. The summed E-state index contributed by atoms with van der Waals surface area (Å²) in [5.41, 5.74) is 3.40. The Bertz CT molecular complexity index is 567. The first-order chi connectivity index (χ1) is 10.6. The number of carbonyl (C=O) groups is 2. The third kappa shape index (κ3) is 8.82. The Morgan fingerprint density at radius 1 is 0.957 bits per heavy atom. The van der Waals surface area contributed by atoms with Gasteiger partial charge in [-0.05, 0) is 58.5 Å². The molecule has 1 aromatic rings. The molecule has 0 aromatic heterocycles. The van der Waals surface area contributed by atoms with Gasteiger partial charge >= 0.3 is 11.3 Å². The molecule has 3 N–H and O–H groups in total. The van der Waals surface area contributed by atoms with Gasteiger partial charge in [-0.15, -0.1) is 0 Å². The highest BCUT2D eigenvalue weighted by atomic mass is 32.2. The molecule has 0 aliphatic heterocycles. The van der Waals surface area contributed by atoms with Crippen LogP contribution in [0.3, 0.4) is 0 Å². The molecule has 0 aliphatic carbocycles. The van der Waals surface area contributed by atoms with Crippen LogP contribution < -0.4 is 16.2 Å². The first-order valence-corrected chi connectivity index (χ1v) is 7.94. The molecule has 0 saturated carbocycles. The molecule has 0 spiro atoms. The van der Waals surface area contributed by atoms with Crippen molar-refractivity contribution in [2.24, 2.45) is 10.2 Å². The quantitative estimate of drug-likeness (QED) is 0.446. The molecule has 0 radical (unpaired) electrons. The Labute approximate surface area is 140 Å². The van der Waals surface area contributed by atoms with E-state index < -0.39 is 11.7 Å². The minimum Gasteiger partial charge on any atom is -0.311 e. The molecule has 1 rings (SSSR count). The summed E-state index contributed by atoms with van der Waals surface area (Å²) in [6.07, 6.45) is 0. The Balaban J connectivity index is 2.41. The van der Waals surface area contributed by atoms with E-state index in [0.717, 1.165) is 16.7 Å². The molecule has 0 heterocycles. The van der Waals surface area contributed by atoms with E-state index in [9.17, 15) is 9.59 Å². The average molecular weight is 337 g/mol. The third-order valence-corrected chi connectivity index (χ3v) is 3.05. The third-order valence-electron chi connectivity index (χ3n) is 2.25. The molecule has 0 fully saturated rings. The highest BCUT2D eigenvalue weighted by Gasteiger charge is 2.21. The number of nitrogens with one attached hydrogen (secondary N) is 3. The largest absolute Gasteiger partial charge is 0.335 e. The summed E-state index contributed by atoms with van der Waals surface area (Å²) in [5, 5.41) is 10.4. The van der Waals surface area contributed by atoms with Crippen molar-refractivity contribution in [1.29, 1.82) is 0 Å². The van der Waals surface area contributed by atoms with Gasteiger partial charge in [0.2, 0.25) is 0 Å². The highest BCUT2D eigenvalue weighted by molar-refractivity contribution is 8.13. The van der Waals surface area contributed by atoms with Gasteiger partial charge in [-0.3, -0.25) is 10.2 Å². The van der Waals surface area contributed by atoms with Gasteiger partial charge in [-0.2, -0.15) is 10.2 Å². The van der Waals surface area contributed by atoms with Crippen LogP contribution in [0.4, 0.5) is 9.59 Å². The molecule has 0 unspecified atom stereocenters. The number of benzene rings is 1. The predicted molar refractivity (Wildman–Crippen MR) is 91.2 cm³/mol. The van der Waals surface area contributed by atoms with Crippen LogP contribution in [0.2, 0.25) is 0 Å². The maximum Gasteiger partial charge on any atom is 0.335 e. The molecular weight excluding hydrogens is 314 g/mol. The van der Waals surface area contributed by atoms with Gasteiger partial charge in [-0.1, -0.05) is 18.2 Å². The second kappa shape index (κ2) is 7.96. The first-order valence-electron chi connectivity index (χ1n) is 7.12. The van der Waals surface area contributed by atoms with Gasteiger partial charge in [0, 0.05) is 4.90 Å². The number of hydrogen-bond acceptors (Lipinski definition) is 5. The minimum atomic E-state index is -0.880. The SMILES string of the molecule is CC(C)(C)N=NC(C)(C)NC(=O)NNC(=O)Sc1ccccc1. The summed E-state index contributed by atoms with van der Waals surface area (Å²) in [6, 6.07) is 8.57. The van der Waals surface area contributed by atoms with Gasteiger partial charge < -0.3 is 5.32 Å². The Kier molecular flexibility index (Phi) is 6.56. The van der Waals surface area contributed by atoms with Crippen molar-refractivity contribution >= 4 is 23.0 Å². The summed E-state index contributed by atoms with van der Waals surface area (Å²) in [6.45, 7) is 9.15. The fraction of sp³-hybridized carbons (Fsp3) is 0.467. The Hall–Kier alpha value is -2.09. The normalized spacial score (nSPS) is 12.0. The van der Waals surface area contributed by atoms with Crippen LogP contribution in [0.5, 0.6) is 0 Å². The molecule has 126 valence electrons.